The maximum absolute atomic E-state index is 13.3. The molecule has 3 aromatic rings. The van der Waals surface area contributed by atoms with Gasteiger partial charge in [0.15, 0.2) is 0 Å². The third kappa shape index (κ3) is 3.97. The molecule has 0 spiro atoms. The summed E-state index contributed by atoms with van der Waals surface area (Å²) < 4.78 is 14.2. The van der Waals surface area contributed by atoms with Crippen LogP contribution in [0.25, 0.3) is 11.0 Å². The number of carbonyl (C=O) groups excluding carboxylic acids is 1. The van der Waals surface area contributed by atoms with Crippen molar-refractivity contribution < 1.29 is 9.18 Å². The van der Waals surface area contributed by atoms with E-state index < -0.39 is 11.2 Å². The summed E-state index contributed by atoms with van der Waals surface area (Å²) in [6.45, 7) is 2.72. The lowest BCUT2D eigenvalue weighted by atomic mass is 10.2. The molecule has 0 fully saturated rings. The van der Waals surface area contributed by atoms with Gasteiger partial charge in [0.1, 0.15) is 11.6 Å². The minimum Gasteiger partial charge on any atom is -0.342 e. The van der Waals surface area contributed by atoms with Crippen molar-refractivity contribution in [1.29, 1.82) is 0 Å². The molecular formula is C18H20FN5O3. The second-order valence-corrected chi connectivity index (χ2v) is 6.23. The number of nitrogens with one attached hydrogen (secondary N) is 2. The van der Waals surface area contributed by atoms with E-state index in [0.29, 0.717) is 36.4 Å². The number of H-pyrrole nitrogens is 2. The van der Waals surface area contributed by atoms with E-state index >= 15 is 0 Å². The molecule has 0 bridgehead atoms. The number of imidazole rings is 1. The van der Waals surface area contributed by atoms with Crippen LogP contribution in [0.4, 0.5) is 4.39 Å². The number of fused-ring (bicyclic) bond motifs is 1. The number of amides is 1. The summed E-state index contributed by atoms with van der Waals surface area (Å²) in [7, 11) is 1.36. The van der Waals surface area contributed by atoms with E-state index in [0.717, 1.165) is 4.57 Å². The fraction of sp³-hybridized carbons (Fsp3) is 0.333. The zero-order valence-corrected chi connectivity index (χ0v) is 15.1. The minimum atomic E-state index is -0.523. The molecule has 0 saturated carbocycles. The number of hydrogen-bond donors (Lipinski definition) is 2. The molecular weight excluding hydrogens is 353 g/mol. The Bertz CT molecular complexity index is 1100. The lowest BCUT2D eigenvalue weighted by Gasteiger charge is -2.20. The number of halogens is 1. The lowest BCUT2D eigenvalue weighted by Crippen LogP contribution is -2.38. The van der Waals surface area contributed by atoms with E-state index in [9.17, 15) is 18.8 Å². The van der Waals surface area contributed by atoms with Crippen LogP contribution in [0.15, 0.2) is 34.0 Å². The standard InChI is InChI=1S/C18H20FN5O3/c1-3-24(16(25)8-11-10-20-18(27)23(2)17(11)26)7-6-15-21-13-5-4-12(19)9-14(13)22-15/h4-5,9-10H,3,6-8H2,1-2H3,(H,20,27)(H,21,22). The second-order valence-electron chi connectivity index (χ2n) is 6.23. The zero-order valence-electron chi connectivity index (χ0n) is 15.1. The highest BCUT2D eigenvalue weighted by atomic mass is 19.1. The van der Waals surface area contributed by atoms with Gasteiger partial charge in [-0.05, 0) is 25.1 Å². The molecule has 0 radical (unpaired) electrons. The Balaban J connectivity index is 1.69. The van der Waals surface area contributed by atoms with Crippen LogP contribution in [0.1, 0.15) is 18.3 Å². The number of nitrogens with zero attached hydrogens (tertiary/aromatic N) is 3. The van der Waals surface area contributed by atoms with Crippen LogP contribution < -0.4 is 11.2 Å². The summed E-state index contributed by atoms with van der Waals surface area (Å²) in [5.74, 6) is 0.0937. The molecule has 0 atom stereocenters. The van der Waals surface area contributed by atoms with Crippen LogP contribution in [0, 0.1) is 5.82 Å². The number of benzene rings is 1. The molecule has 0 saturated heterocycles. The van der Waals surface area contributed by atoms with Gasteiger partial charge in [-0.2, -0.15) is 0 Å². The number of hydrogen-bond acceptors (Lipinski definition) is 4. The van der Waals surface area contributed by atoms with Crippen molar-refractivity contribution in [2.75, 3.05) is 13.1 Å². The minimum absolute atomic E-state index is 0.0946. The average Bonchev–Trinajstić information content (AvgIpc) is 3.04. The summed E-state index contributed by atoms with van der Waals surface area (Å²) in [5, 5.41) is 0. The van der Waals surface area contributed by atoms with Crippen molar-refractivity contribution in [3.63, 3.8) is 0 Å². The highest BCUT2D eigenvalue weighted by molar-refractivity contribution is 5.78. The first-order valence-electron chi connectivity index (χ1n) is 8.58. The Labute approximate surface area is 153 Å². The zero-order chi connectivity index (χ0) is 19.6. The third-order valence-electron chi connectivity index (χ3n) is 4.44. The number of aromatic nitrogens is 4. The van der Waals surface area contributed by atoms with E-state index in [4.69, 9.17) is 0 Å². The van der Waals surface area contributed by atoms with Crippen LogP contribution in [0.3, 0.4) is 0 Å². The molecule has 0 aliphatic heterocycles. The fourth-order valence-electron chi connectivity index (χ4n) is 2.87. The Morgan fingerprint density at radius 2 is 2.11 bits per heavy atom. The number of likely N-dealkylation sites (N-methyl/N-ethyl adjacent to an activating group) is 1. The smallest absolute Gasteiger partial charge is 0.328 e. The predicted octanol–water partition coefficient (Wildman–Crippen LogP) is 0.723. The van der Waals surface area contributed by atoms with Crippen molar-refractivity contribution >= 4 is 16.9 Å². The van der Waals surface area contributed by atoms with Gasteiger partial charge in [0.25, 0.3) is 5.56 Å². The van der Waals surface area contributed by atoms with Gasteiger partial charge in [0.05, 0.1) is 17.5 Å². The predicted molar refractivity (Wildman–Crippen MR) is 98.0 cm³/mol. The lowest BCUT2D eigenvalue weighted by molar-refractivity contribution is -0.130. The monoisotopic (exact) mass is 373 g/mol. The number of carbonyl (C=O) groups is 1. The molecule has 27 heavy (non-hydrogen) atoms. The SMILES string of the molecule is CCN(CCc1nc2ccc(F)cc2[nH]1)C(=O)Cc1c[nH]c(=O)n(C)c1=O. The van der Waals surface area contributed by atoms with Gasteiger partial charge in [-0.15, -0.1) is 0 Å². The van der Waals surface area contributed by atoms with Gasteiger partial charge >= 0.3 is 5.69 Å². The number of rotatable bonds is 6. The molecule has 2 heterocycles. The largest absolute Gasteiger partial charge is 0.342 e. The maximum atomic E-state index is 13.3. The Morgan fingerprint density at radius 1 is 1.33 bits per heavy atom. The first-order chi connectivity index (χ1) is 12.9. The number of aromatic amines is 2. The molecule has 2 N–H and O–H groups in total. The van der Waals surface area contributed by atoms with E-state index in [2.05, 4.69) is 15.0 Å². The van der Waals surface area contributed by atoms with Crippen LogP contribution in [0.2, 0.25) is 0 Å². The molecule has 8 nitrogen and oxygen atoms in total. The molecule has 142 valence electrons. The van der Waals surface area contributed by atoms with Crippen molar-refractivity contribution in [3.8, 4) is 0 Å². The van der Waals surface area contributed by atoms with Crippen molar-refractivity contribution in [2.45, 2.75) is 19.8 Å². The van der Waals surface area contributed by atoms with Gasteiger partial charge in [-0.3, -0.25) is 14.2 Å². The molecule has 9 heteroatoms. The van der Waals surface area contributed by atoms with E-state index in [1.807, 2.05) is 6.92 Å². The molecule has 3 rings (SSSR count). The molecule has 0 unspecified atom stereocenters. The summed E-state index contributed by atoms with van der Waals surface area (Å²) >= 11 is 0. The normalized spacial score (nSPS) is 11.1. The van der Waals surface area contributed by atoms with Crippen LogP contribution in [-0.2, 0) is 24.7 Å². The third-order valence-corrected chi connectivity index (χ3v) is 4.44. The molecule has 1 aromatic carbocycles. The quantitative estimate of drug-likeness (QED) is 0.664. The average molecular weight is 373 g/mol. The summed E-state index contributed by atoms with van der Waals surface area (Å²) in [4.78, 5) is 47.5. The molecule has 0 aliphatic carbocycles. The Morgan fingerprint density at radius 3 is 2.85 bits per heavy atom. The molecule has 1 amide bonds. The molecule has 2 aromatic heterocycles. The van der Waals surface area contributed by atoms with E-state index in [-0.39, 0.29) is 23.7 Å². The van der Waals surface area contributed by atoms with Gasteiger partial charge < -0.3 is 14.9 Å². The Hall–Kier alpha value is -3.23. The highest BCUT2D eigenvalue weighted by Gasteiger charge is 2.16. The van der Waals surface area contributed by atoms with Crippen LogP contribution in [-0.4, -0.2) is 43.4 Å². The second kappa shape index (κ2) is 7.56. The first kappa shape index (κ1) is 18.6. The van der Waals surface area contributed by atoms with E-state index in [1.54, 1.807) is 11.0 Å². The van der Waals surface area contributed by atoms with Gasteiger partial charge in [-0.25, -0.2) is 14.2 Å². The summed E-state index contributed by atoms with van der Waals surface area (Å²) in [5.41, 5.74) is 0.501. The van der Waals surface area contributed by atoms with Crippen molar-refractivity contribution in [3.05, 3.63) is 62.4 Å². The first-order valence-corrected chi connectivity index (χ1v) is 8.58. The topological polar surface area (TPSA) is 104 Å². The summed E-state index contributed by atoms with van der Waals surface area (Å²) in [6.07, 6.45) is 1.66. The Kier molecular flexibility index (Phi) is 5.20. The molecule has 0 aliphatic rings. The van der Waals surface area contributed by atoms with Gasteiger partial charge in [-0.1, -0.05) is 0 Å². The maximum Gasteiger partial charge on any atom is 0.328 e. The van der Waals surface area contributed by atoms with Crippen molar-refractivity contribution in [1.82, 2.24) is 24.4 Å². The van der Waals surface area contributed by atoms with Gasteiger partial charge in [0.2, 0.25) is 5.91 Å². The van der Waals surface area contributed by atoms with Crippen LogP contribution >= 0.6 is 0 Å². The van der Waals surface area contributed by atoms with Crippen LogP contribution in [0.5, 0.6) is 0 Å². The highest BCUT2D eigenvalue weighted by Crippen LogP contribution is 2.13. The van der Waals surface area contributed by atoms with E-state index in [1.165, 1.54) is 25.4 Å². The van der Waals surface area contributed by atoms with Gasteiger partial charge in [0, 0.05) is 38.3 Å². The van der Waals surface area contributed by atoms with Crippen molar-refractivity contribution in [2.24, 2.45) is 7.05 Å². The fourth-order valence-corrected chi connectivity index (χ4v) is 2.87. The summed E-state index contributed by atoms with van der Waals surface area (Å²) in [6, 6.07) is 4.32.